The molecule has 11 heteroatoms. The zero-order valence-electron chi connectivity index (χ0n) is 23.8. The Bertz CT molecular complexity index is 1450. The van der Waals surface area contributed by atoms with Crippen LogP contribution in [0.2, 0.25) is 5.02 Å². The van der Waals surface area contributed by atoms with Crippen LogP contribution in [-0.2, 0) is 26.2 Å². The van der Waals surface area contributed by atoms with Crippen molar-refractivity contribution in [2.75, 3.05) is 25.1 Å². The summed E-state index contributed by atoms with van der Waals surface area (Å²) in [7, 11) is -1.20. The predicted octanol–water partition coefficient (Wildman–Crippen LogP) is 4.88. The van der Waals surface area contributed by atoms with E-state index in [1.54, 1.807) is 43.3 Å². The minimum Gasteiger partial charge on any atom is -0.497 e. The number of nitrogens with one attached hydrogen (secondary N) is 1. The summed E-state index contributed by atoms with van der Waals surface area (Å²) in [5.74, 6) is 0.161. The third-order valence-electron chi connectivity index (χ3n) is 6.68. The molecule has 9 nitrogen and oxygen atoms in total. The molecular weight excluding hydrogens is 566 g/mol. The molecule has 0 spiro atoms. The Kier molecular flexibility index (Phi) is 11.0. The van der Waals surface area contributed by atoms with Gasteiger partial charge in [-0.25, -0.2) is 8.42 Å². The van der Waals surface area contributed by atoms with E-state index < -0.39 is 28.5 Å². The molecule has 0 radical (unpaired) electrons. The van der Waals surface area contributed by atoms with Gasteiger partial charge in [-0.15, -0.1) is 0 Å². The number of carbonyl (C=O) groups excluding carboxylic acids is 2. The molecule has 0 unspecified atom stereocenters. The number of anilines is 1. The van der Waals surface area contributed by atoms with Gasteiger partial charge < -0.3 is 19.7 Å². The summed E-state index contributed by atoms with van der Waals surface area (Å²) in [5, 5.41) is 3.22. The number of halogens is 1. The van der Waals surface area contributed by atoms with E-state index >= 15 is 0 Å². The van der Waals surface area contributed by atoms with Crippen molar-refractivity contribution in [3.8, 4) is 11.5 Å². The largest absolute Gasteiger partial charge is 0.497 e. The molecule has 0 saturated carbocycles. The Morgan fingerprint density at radius 1 is 0.927 bits per heavy atom. The van der Waals surface area contributed by atoms with Crippen LogP contribution in [0.1, 0.15) is 32.8 Å². The van der Waals surface area contributed by atoms with Crippen molar-refractivity contribution in [1.29, 1.82) is 0 Å². The van der Waals surface area contributed by atoms with E-state index in [0.717, 1.165) is 4.31 Å². The fourth-order valence-corrected chi connectivity index (χ4v) is 5.64. The maximum atomic E-state index is 14.0. The molecule has 220 valence electrons. The van der Waals surface area contributed by atoms with Crippen LogP contribution in [0.3, 0.4) is 0 Å². The fourth-order valence-electron chi connectivity index (χ4n) is 4.05. The van der Waals surface area contributed by atoms with E-state index in [0.29, 0.717) is 28.5 Å². The molecule has 2 atom stereocenters. The monoisotopic (exact) mass is 601 g/mol. The van der Waals surface area contributed by atoms with Crippen LogP contribution in [0.4, 0.5) is 5.69 Å². The summed E-state index contributed by atoms with van der Waals surface area (Å²) in [6.45, 7) is 4.93. The van der Waals surface area contributed by atoms with Gasteiger partial charge in [0.1, 0.15) is 24.1 Å². The summed E-state index contributed by atoms with van der Waals surface area (Å²) in [5.41, 5.74) is 0.924. The van der Waals surface area contributed by atoms with Gasteiger partial charge >= 0.3 is 0 Å². The van der Waals surface area contributed by atoms with E-state index in [4.69, 9.17) is 21.1 Å². The van der Waals surface area contributed by atoms with E-state index in [-0.39, 0.29) is 29.1 Å². The van der Waals surface area contributed by atoms with Gasteiger partial charge in [-0.05, 0) is 80.4 Å². The number of sulfonamides is 1. The van der Waals surface area contributed by atoms with Crippen LogP contribution in [0.25, 0.3) is 0 Å². The lowest BCUT2D eigenvalue weighted by atomic mass is 10.1. The summed E-state index contributed by atoms with van der Waals surface area (Å²) >= 11 is 6.22. The van der Waals surface area contributed by atoms with Crippen LogP contribution in [0, 0.1) is 0 Å². The van der Waals surface area contributed by atoms with Crippen LogP contribution < -0.4 is 19.1 Å². The van der Waals surface area contributed by atoms with Crippen molar-refractivity contribution < 1.29 is 27.5 Å². The first-order valence-corrected chi connectivity index (χ1v) is 15.0. The Balaban J connectivity index is 2.04. The first-order valence-electron chi connectivity index (χ1n) is 13.1. The van der Waals surface area contributed by atoms with Crippen molar-refractivity contribution in [2.45, 2.75) is 50.7 Å². The Morgan fingerprint density at radius 2 is 1.59 bits per heavy atom. The second-order valence-corrected chi connectivity index (χ2v) is 11.8. The summed E-state index contributed by atoms with van der Waals surface area (Å²) in [6.07, 6.45) is 0.713. The van der Waals surface area contributed by atoms with E-state index in [1.165, 1.54) is 49.5 Å². The number of methoxy groups -OCH3 is 2. The lowest BCUT2D eigenvalue weighted by molar-refractivity contribution is -0.139. The number of rotatable bonds is 13. The highest BCUT2D eigenvalue weighted by Gasteiger charge is 2.33. The molecule has 0 fully saturated rings. The van der Waals surface area contributed by atoms with Crippen molar-refractivity contribution in [2.24, 2.45) is 0 Å². The highest BCUT2D eigenvalue weighted by Crippen LogP contribution is 2.28. The molecule has 0 aliphatic heterocycles. The smallest absolute Gasteiger partial charge is 0.264 e. The minimum atomic E-state index is -4.23. The molecule has 1 N–H and O–H groups in total. The SMILES string of the molecule is CC[C@@H](C)NC(=O)[C@H](C)N(Cc1cccc(OC)c1)C(=O)CN(c1cccc(Cl)c1)S(=O)(=O)c1ccc(OC)cc1. The normalized spacial score (nSPS) is 12.6. The molecule has 0 saturated heterocycles. The number of amides is 2. The third kappa shape index (κ3) is 8.14. The maximum Gasteiger partial charge on any atom is 0.264 e. The zero-order valence-corrected chi connectivity index (χ0v) is 25.4. The number of hydrogen-bond acceptors (Lipinski definition) is 6. The zero-order chi connectivity index (χ0) is 30.2. The van der Waals surface area contributed by atoms with Gasteiger partial charge in [0, 0.05) is 17.6 Å². The van der Waals surface area contributed by atoms with Crippen LogP contribution in [-0.4, -0.2) is 58.0 Å². The number of benzene rings is 3. The number of hydrogen-bond donors (Lipinski definition) is 1. The fraction of sp³-hybridized carbons (Fsp3) is 0.333. The van der Waals surface area contributed by atoms with Gasteiger partial charge in [0.25, 0.3) is 10.0 Å². The average molecular weight is 602 g/mol. The van der Waals surface area contributed by atoms with Crippen LogP contribution in [0.5, 0.6) is 11.5 Å². The van der Waals surface area contributed by atoms with E-state index in [2.05, 4.69) is 5.32 Å². The highest BCUT2D eigenvalue weighted by atomic mass is 35.5. The van der Waals surface area contributed by atoms with Crippen molar-refractivity contribution in [3.63, 3.8) is 0 Å². The van der Waals surface area contributed by atoms with Gasteiger partial charge in [-0.1, -0.05) is 36.7 Å². The number of ether oxygens (including phenoxy) is 2. The van der Waals surface area contributed by atoms with Gasteiger partial charge in [0.05, 0.1) is 24.8 Å². The first-order chi connectivity index (χ1) is 19.5. The van der Waals surface area contributed by atoms with Gasteiger partial charge in [-0.3, -0.25) is 13.9 Å². The molecule has 2 amide bonds. The first kappa shape index (κ1) is 31.8. The molecular formula is C30H36ClN3O6S. The van der Waals surface area contributed by atoms with Gasteiger partial charge in [0.2, 0.25) is 11.8 Å². The molecule has 41 heavy (non-hydrogen) atoms. The summed E-state index contributed by atoms with van der Waals surface area (Å²) in [6, 6.07) is 18.3. The third-order valence-corrected chi connectivity index (χ3v) is 8.70. The van der Waals surface area contributed by atoms with Crippen molar-refractivity contribution >= 4 is 39.1 Å². The lowest BCUT2D eigenvalue weighted by Gasteiger charge is -2.32. The van der Waals surface area contributed by atoms with Crippen LogP contribution in [0.15, 0.2) is 77.7 Å². The molecule has 3 rings (SSSR count). The van der Waals surface area contributed by atoms with Gasteiger partial charge in [0.15, 0.2) is 0 Å². The molecule has 0 aromatic heterocycles. The number of nitrogens with zero attached hydrogens (tertiary/aromatic N) is 2. The second kappa shape index (κ2) is 14.2. The minimum absolute atomic E-state index is 0.0343. The molecule has 0 heterocycles. The van der Waals surface area contributed by atoms with E-state index in [1.807, 2.05) is 19.9 Å². The topological polar surface area (TPSA) is 105 Å². The Labute approximate surface area is 247 Å². The summed E-state index contributed by atoms with van der Waals surface area (Å²) < 4.78 is 39.3. The second-order valence-electron chi connectivity index (χ2n) is 9.53. The average Bonchev–Trinajstić information content (AvgIpc) is 2.98. The van der Waals surface area contributed by atoms with Crippen molar-refractivity contribution in [1.82, 2.24) is 10.2 Å². The number of carbonyl (C=O) groups is 2. The lowest BCUT2D eigenvalue weighted by Crippen LogP contribution is -2.52. The molecule has 0 bridgehead atoms. The van der Waals surface area contributed by atoms with Gasteiger partial charge in [-0.2, -0.15) is 0 Å². The quantitative estimate of drug-likeness (QED) is 0.299. The Morgan fingerprint density at radius 3 is 2.20 bits per heavy atom. The molecule has 0 aliphatic rings. The molecule has 3 aromatic rings. The standard InChI is InChI=1S/C30H36ClN3O6S/c1-6-21(2)32-30(36)22(3)33(19-23-9-7-12-27(17-23)40-5)29(35)20-34(25-11-8-10-24(31)18-25)41(37,38)28-15-13-26(39-4)14-16-28/h7-18,21-22H,6,19-20H2,1-5H3,(H,32,36)/t21-,22+/m1/s1. The van der Waals surface area contributed by atoms with Crippen molar-refractivity contribution in [3.05, 3.63) is 83.4 Å². The van der Waals surface area contributed by atoms with E-state index in [9.17, 15) is 18.0 Å². The molecule has 0 aliphatic carbocycles. The predicted molar refractivity (Wildman–Crippen MR) is 160 cm³/mol. The Hall–Kier alpha value is -3.76. The maximum absolute atomic E-state index is 14.0. The van der Waals surface area contributed by atoms with Crippen LogP contribution >= 0.6 is 11.6 Å². The summed E-state index contributed by atoms with van der Waals surface area (Å²) in [4.78, 5) is 28.5. The highest BCUT2D eigenvalue weighted by molar-refractivity contribution is 7.92. The molecule has 3 aromatic carbocycles.